The SMILES string of the molecule is CC1CC[C@]23C[C@H](NC(CCCNC(=N)N)C(=O)O)CC[C@@]2(O)[C@H]1Cc1ccc(C(N)=O)c(O)c13. The number of nitrogens with two attached hydrogens (primary N) is 2. The third-order valence-electron chi connectivity index (χ3n) is 8.79. The van der Waals surface area contributed by atoms with Crippen LogP contribution in [0, 0.1) is 17.2 Å². The van der Waals surface area contributed by atoms with Gasteiger partial charge in [-0.25, -0.2) is 0 Å². The van der Waals surface area contributed by atoms with Crippen molar-refractivity contribution in [3.05, 3.63) is 28.8 Å². The van der Waals surface area contributed by atoms with Crippen molar-refractivity contribution >= 4 is 17.8 Å². The van der Waals surface area contributed by atoms with Gasteiger partial charge >= 0.3 is 5.97 Å². The maximum atomic E-state index is 12.2. The van der Waals surface area contributed by atoms with Crippen molar-refractivity contribution in [3.8, 4) is 5.75 Å². The van der Waals surface area contributed by atoms with Crippen LogP contribution in [0.5, 0.6) is 5.75 Å². The fourth-order valence-corrected chi connectivity index (χ4v) is 7.16. The highest BCUT2D eigenvalue weighted by molar-refractivity contribution is 5.96. The molecule has 3 aliphatic rings. The molecule has 0 aliphatic heterocycles. The van der Waals surface area contributed by atoms with Crippen LogP contribution in [0.3, 0.4) is 0 Å². The van der Waals surface area contributed by atoms with Crippen LogP contribution in [0.2, 0.25) is 0 Å². The van der Waals surface area contributed by atoms with Gasteiger partial charge in [-0.3, -0.25) is 15.0 Å². The molecule has 3 aliphatic carbocycles. The summed E-state index contributed by atoms with van der Waals surface area (Å²) in [6, 6.07) is 2.43. The van der Waals surface area contributed by atoms with Crippen LogP contribution in [0.15, 0.2) is 12.1 Å². The van der Waals surface area contributed by atoms with E-state index in [1.54, 1.807) is 6.07 Å². The number of carboxylic acid groups (broad SMARTS) is 1. The van der Waals surface area contributed by atoms with Gasteiger partial charge in [-0.15, -0.1) is 0 Å². The molecule has 0 aromatic heterocycles. The number of aliphatic carboxylic acids is 1. The number of aromatic hydroxyl groups is 1. The predicted octanol–water partition coefficient (Wildman–Crippen LogP) is 0.921. The number of hydrogen-bond donors (Lipinski definition) is 8. The average Bonchev–Trinajstić information content (AvgIpc) is 2.78. The number of aliphatic hydroxyl groups is 1. The van der Waals surface area contributed by atoms with Crippen molar-refractivity contribution in [1.29, 1.82) is 5.41 Å². The molecule has 0 spiro atoms. The lowest BCUT2D eigenvalue weighted by atomic mass is 9.43. The van der Waals surface area contributed by atoms with Crippen LogP contribution < -0.4 is 22.1 Å². The number of primary amides is 1. The minimum atomic E-state index is -1.05. The topological polar surface area (TPSA) is 195 Å². The first-order chi connectivity index (χ1) is 16.5. The minimum Gasteiger partial charge on any atom is -0.507 e. The molecule has 1 aromatic rings. The highest BCUT2D eigenvalue weighted by Crippen LogP contribution is 2.64. The first-order valence-electron chi connectivity index (χ1n) is 12.4. The standard InChI is InChI=1S/C25H37N5O5/c1-13-6-8-24-12-15(30-18(22(33)34)3-2-10-29-23(27)28)7-9-25(24,35)17(13)11-14-4-5-16(21(26)32)20(31)19(14)24/h4-5,13,15,17-18,30-31,35H,2-3,6-12H2,1H3,(H2,26,32)(H,33,34)(H4,27,28,29)/t13?,15-,17+,18?,24-,25-/m1/s1. The zero-order valence-electron chi connectivity index (χ0n) is 20.1. The van der Waals surface area contributed by atoms with Crippen molar-refractivity contribution in [2.75, 3.05) is 6.54 Å². The summed E-state index contributed by atoms with van der Waals surface area (Å²) in [6.07, 6.45) is 4.58. The molecule has 10 heteroatoms. The smallest absolute Gasteiger partial charge is 0.320 e. The van der Waals surface area contributed by atoms with Crippen LogP contribution in [-0.4, -0.2) is 57.4 Å². The van der Waals surface area contributed by atoms with E-state index in [2.05, 4.69) is 17.6 Å². The summed E-state index contributed by atoms with van der Waals surface area (Å²) >= 11 is 0. The van der Waals surface area contributed by atoms with E-state index in [1.807, 2.05) is 6.07 Å². The van der Waals surface area contributed by atoms with E-state index in [0.29, 0.717) is 63.0 Å². The Hall–Kier alpha value is -2.85. The summed E-state index contributed by atoms with van der Waals surface area (Å²) in [7, 11) is 0. The molecule has 0 heterocycles. The van der Waals surface area contributed by atoms with Crippen LogP contribution in [-0.2, 0) is 16.6 Å². The van der Waals surface area contributed by atoms with Crippen LogP contribution in [0.25, 0.3) is 0 Å². The largest absolute Gasteiger partial charge is 0.507 e. The molecule has 2 saturated carbocycles. The zero-order valence-corrected chi connectivity index (χ0v) is 20.1. The van der Waals surface area contributed by atoms with Crippen molar-refractivity contribution < 1.29 is 24.9 Å². The highest BCUT2D eigenvalue weighted by Gasteiger charge is 2.65. The lowest BCUT2D eigenvalue weighted by Gasteiger charge is -2.64. The Morgan fingerprint density at radius 2 is 2.00 bits per heavy atom. The van der Waals surface area contributed by atoms with Gasteiger partial charge in [0.2, 0.25) is 0 Å². The van der Waals surface area contributed by atoms with Gasteiger partial charge in [-0.05, 0) is 74.8 Å². The molecule has 2 bridgehead atoms. The average molecular weight is 488 g/mol. The quantitative estimate of drug-likeness (QED) is 0.150. The summed E-state index contributed by atoms with van der Waals surface area (Å²) in [5, 5.41) is 46.5. The Labute approximate surface area is 205 Å². The molecule has 1 aromatic carbocycles. The van der Waals surface area contributed by atoms with Gasteiger partial charge in [0.05, 0.1) is 11.2 Å². The minimum absolute atomic E-state index is 0.0245. The second-order valence-electron chi connectivity index (χ2n) is 10.7. The lowest BCUT2D eigenvalue weighted by Crippen LogP contribution is -2.68. The van der Waals surface area contributed by atoms with Crippen molar-refractivity contribution in [2.24, 2.45) is 23.3 Å². The first kappa shape index (κ1) is 25.2. The molecule has 2 fully saturated rings. The van der Waals surface area contributed by atoms with Crippen LogP contribution in [0.4, 0.5) is 0 Å². The third-order valence-corrected chi connectivity index (χ3v) is 8.79. The third kappa shape index (κ3) is 4.23. The number of nitrogens with one attached hydrogen (secondary N) is 3. The fourth-order valence-electron chi connectivity index (χ4n) is 7.16. The number of carbonyl (C=O) groups excluding carboxylic acids is 1. The molecule has 0 radical (unpaired) electrons. The van der Waals surface area contributed by atoms with Crippen LogP contribution >= 0.6 is 0 Å². The van der Waals surface area contributed by atoms with Gasteiger partial charge in [-0.2, -0.15) is 0 Å². The molecular weight excluding hydrogens is 450 g/mol. The summed E-state index contributed by atoms with van der Waals surface area (Å²) in [5.74, 6) is -1.63. The van der Waals surface area contributed by atoms with Gasteiger partial charge in [0.1, 0.15) is 11.8 Å². The highest BCUT2D eigenvalue weighted by atomic mass is 16.4. The summed E-state index contributed by atoms with van der Waals surface area (Å²) < 4.78 is 0. The summed E-state index contributed by atoms with van der Waals surface area (Å²) in [6.45, 7) is 2.57. The zero-order chi connectivity index (χ0) is 25.5. The van der Waals surface area contributed by atoms with E-state index in [-0.39, 0.29) is 29.2 Å². The van der Waals surface area contributed by atoms with Gasteiger partial charge in [0.15, 0.2) is 5.96 Å². The maximum absolute atomic E-state index is 12.2. The number of amides is 1. The molecule has 10 N–H and O–H groups in total. The molecular formula is C25H37N5O5. The van der Waals surface area contributed by atoms with Crippen molar-refractivity contribution in [2.45, 2.75) is 81.4 Å². The molecule has 6 atom stereocenters. The predicted molar refractivity (Wildman–Crippen MR) is 130 cm³/mol. The molecule has 10 nitrogen and oxygen atoms in total. The van der Waals surface area contributed by atoms with Gasteiger partial charge < -0.3 is 37.4 Å². The molecule has 0 saturated heterocycles. The monoisotopic (exact) mass is 487 g/mol. The van der Waals surface area contributed by atoms with E-state index in [0.717, 1.165) is 12.0 Å². The van der Waals surface area contributed by atoms with Gasteiger partial charge in [0.25, 0.3) is 5.91 Å². The first-order valence-corrected chi connectivity index (χ1v) is 12.4. The number of guanidine groups is 1. The Morgan fingerprint density at radius 3 is 2.66 bits per heavy atom. The fraction of sp³-hybridized carbons (Fsp3) is 0.640. The van der Waals surface area contributed by atoms with E-state index in [4.69, 9.17) is 16.9 Å². The second-order valence-corrected chi connectivity index (χ2v) is 10.7. The Morgan fingerprint density at radius 1 is 1.26 bits per heavy atom. The van der Waals surface area contributed by atoms with Crippen molar-refractivity contribution in [3.63, 3.8) is 0 Å². The lowest BCUT2D eigenvalue weighted by molar-refractivity contribution is -0.168. The van der Waals surface area contributed by atoms with Gasteiger partial charge in [-0.1, -0.05) is 13.0 Å². The van der Waals surface area contributed by atoms with Crippen molar-refractivity contribution in [1.82, 2.24) is 10.6 Å². The number of rotatable bonds is 8. The maximum Gasteiger partial charge on any atom is 0.320 e. The number of carbonyl (C=O) groups is 2. The van der Waals surface area contributed by atoms with E-state index in [1.165, 1.54) is 0 Å². The summed E-state index contributed by atoms with van der Waals surface area (Å²) in [5.41, 5.74) is 10.6. The Bertz CT molecular complexity index is 1030. The normalized spacial score (nSPS) is 32.1. The van der Waals surface area contributed by atoms with Gasteiger partial charge in [0, 0.05) is 23.6 Å². The second kappa shape index (κ2) is 9.31. The number of carboxylic acids is 1. The molecule has 4 rings (SSSR count). The van der Waals surface area contributed by atoms with Crippen LogP contribution in [0.1, 0.15) is 73.4 Å². The number of benzene rings is 1. The number of phenols is 1. The van der Waals surface area contributed by atoms with E-state index >= 15 is 0 Å². The molecule has 192 valence electrons. The number of hydrogen-bond acceptors (Lipinski definition) is 6. The van der Waals surface area contributed by atoms with E-state index < -0.39 is 28.9 Å². The summed E-state index contributed by atoms with van der Waals surface area (Å²) in [4.78, 5) is 24.0. The molecule has 2 unspecified atom stereocenters. The number of fused-ring (bicyclic) bond motifs is 1. The van der Waals surface area contributed by atoms with E-state index in [9.17, 15) is 24.9 Å². The Kier molecular flexibility index (Phi) is 6.72. The molecule has 35 heavy (non-hydrogen) atoms. The Balaban J connectivity index is 1.66. The molecule has 1 amide bonds.